The molecule has 3 aromatic carbocycles. The standard InChI is InChI=1S/C30H28N8O/c1-19-14-15-23(16-21(19)3)24-17-25(33-32-24)29-31-27(18-39-26-13-9-8-10-20(26)2)36-38(29)30-35-34-28(37(30)4)22-11-6-5-7-12-22/h5-17H,18H2,1-4H3,(H,32,33). The van der Waals surface area contributed by atoms with Gasteiger partial charge in [-0.05, 0) is 55.7 Å². The van der Waals surface area contributed by atoms with Crippen LogP contribution in [0.4, 0.5) is 0 Å². The van der Waals surface area contributed by atoms with E-state index in [4.69, 9.17) is 14.8 Å². The lowest BCUT2D eigenvalue weighted by atomic mass is 10.0. The van der Waals surface area contributed by atoms with E-state index < -0.39 is 0 Å². The Labute approximate surface area is 226 Å². The molecule has 0 aliphatic rings. The average molecular weight is 517 g/mol. The van der Waals surface area contributed by atoms with E-state index in [1.807, 2.05) is 79.2 Å². The van der Waals surface area contributed by atoms with Crippen LogP contribution in [-0.2, 0) is 13.7 Å². The highest BCUT2D eigenvalue weighted by molar-refractivity contribution is 5.67. The molecule has 0 amide bonds. The summed E-state index contributed by atoms with van der Waals surface area (Å²) < 4.78 is 9.65. The number of nitrogens with zero attached hydrogens (tertiary/aromatic N) is 7. The summed E-state index contributed by atoms with van der Waals surface area (Å²) >= 11 is 0. The number of ether oxygens (including phenoxy) is 1. The van der Waals surface area contributed by atoms with E-state index in [-0.39, 0.29) is 6.61 Å². The monoisotopic (exact) mass is 516 g/mol. The molecule has 6 rings (SSSR count). The first-order valence-electron chi connectivity index (χ1n) is 12.7. The molecule has 194 valence electrons. The molecule has 0 saturated heterocycles. The number of benzene rings is 3. The predicted molar refractivity (Wildman–Crippen MR) is 149 cm³/mol. The Morgan fingerprint density at radius 3 is 2.36 bits per heavy atom. The molecular weight excluding hydrogens is 488 g/mol. The van der Waals surface area contributed by atoms with Gasteiger partial charge < -0.3 is 4.74 Å². The van der Waals surface area contributed by atoms with E-state index in [9.17, 15) is 0 Å². The summed E-state index contributed by atoms with van der Waals surface area (Å²) in [5.74, 6) is 3.13. The van der Waals surface area contributed by atoms with Crippen LogP contribution < -0.4 is 4.74 Å². The molecule has 39 heavy (non-hydrogen) atoms. The number of rotatable bonds is 7. The van der Waals surface area contributed by atoms with Crippen molar-refractivity contribution in [1.82, 2.24) is 39.7 Å². The molecule has 0 radical (unpaired) electrons. The smallest absolute Gasteiger partial charge is 0.254 e. The van der Waals surface area contributed by atoms with Gasteiger partial charge in [-0.2, -0.15) is 9.78 Å². The van der Waals surface area contributed by atoms with Gasteiger partial charge in [0, 0.05) is 18.2 Å². The summed E-state index contributed by atoms with van der Waals surface area (Å²) in [6.45, 7) is 6.41. The van der Waals surface area contributed by atoms with Crippen molar-refractivity contribution in [3.05, 3.63) is 101 Å². The fraction of sp³-hybridized carbons (Fsp3) is 0.167. The largest absolute Gasteiger partial charge is 0.485 e. The lowest BCUT2D eigenvalue weighted by Gasteiger charge is -2.06. The molecule has 0 saturated carbocycles. The molecule has 0 atom stereocenters. The SMILES string of the molecule is Cc1ccc(-c2cc(-c3nc(COc4ccccc4C)nn3-c3nnc(-c4ccccc4)n3C)[nH]n2)cc1C. The molecule has 6 aromatic rings. The van der Waals surface area contributed by atoms with Crippen LogP contribution in [0.15, 0.2) is 78.9 Å². The number of aromatic amines is 1. The molecule has 0 unspecified atom stereocenters. The van der Waals surface area contributed by atoms with Crippen LogP contribution in [0.2, 0.25) is 0 Å². The molecule has 3 aromatic heterocycles. The summed E-state index contributed by atoms with van der Waals surface area (Å²) in [5.41, 5.74) is 7.02. The van der Waals surface area contributed by atoms with Gasteiger partial charge in [-0.15, -0.1) is 15.3 Å². The number of aromatic nitrogens is 8. The minimum atomic E-state index is 0.201. The van der Waals surface area contributed by atoms with E-state index in [0.29, 0.717) is 23.3 Å². The number of H-pyrrole nitrogens is 1. The minimum absolute atomic E-state index is 0.201. The molecule has 3 heterocycles. The van der Waals surface area contributed by atoms with E-state index in [1.165, 1.54) is 11.1 Å². The normalized spacial score (nSPS) is 11.2. The third-order valence-electron chi connectivity index (χ3n) is 6.80. The van der Waals surface area contributed by atoms with E-state index in [0.717, 1.165) is 34.0 Å². The van der Waals surface area contributed by atoms with Gasteiger partial charge in [-0.25, -0.2) is 4.98 Å². The summed E-state index contributed by atoms with van der Waals surface area (Å²) in [4.78, 5) is 4.84. The fourth-order valence-corrected chi connectivity index (χ4v) is 4.42. The van der Waals surface area contributed by atoms with Gasteiger partial charge in [-0.3, -0.25) is 9.67 Å². The quantitative estimate of drug-likeness (QED) is 0.295. The van der Waals surface area contributed by atoms with E-state index >= 15 is 0 Å². The van der Waals surface area contributed by atoms with Gasteiger partial charge in [-0.1, -0.05) is 60.7 Å². The third-order valence-corrected chi connectivity index (χ3v) is 6.80. The lowest BCUT2D eigenvalue weighted by molar-refractivity contribution is 0.294. The highest BCUT2D eigenvalue weighted by atomic mass is 16.5. The van der Waals surface area contributed by atoms with Crippen LogP contribution in [0.1, 0.15) is 22.5 Å². The van der Waals surface area contributed by atoms with Gasteiger partial charge in [0.05, 0.1) is 5.69 Å². The van der Waals surface area contributed by atoms with Crippen molar-refractivity contribution in [3.63, 3.8) is 0 Å². The summed E-state index contributed by atoms with van der Waals surface area (Å²) in [6, 6.07) is 26.1. The topological polar surface area (TPSA) is 99.3 Å². The summed E-state index contributed by atoms with van der Waals surface area (Å²) in [7, 11) is 1.92. The van der Waals surface area contributed by atoms with Crippen molar-refractivity contribution in [2.24, 2.45) is 7.05 Å². The number of aryl methyl sites for hydroxylation is 3. The van der Waals surface area contributed by atoms with Gasteiger partial charge in [0.15, 0.2) is 17.5 Å². The molecule has 0 aliphatic carbocycles. The zero-order valence-electron chi connectivity index (χ0n) is 22.3. The maximum absolute atomic E-state index is 6.06. The molecule has 0 bridgehead atoms. The van der Waals surface area contributed by atoms with Gasteiger partial charge >= 0.3 is 0 Å². The lowest BCUT2D eigenvalue weighted by Crippen LogP contribution is -2.08. The van der Waals surface area contributed by atoms with Crippen LogP contribution in [-0.4, -0.2) is 39.7 Å². The van der Waals surface area contributed by atoms with Crippen molar-refractivity contribution in [1.29, 1.82) is 0 Å². The summed E-state index contributed by atoms with van der Waals surface area (Å²) in [6.07, 6.45) is 0. The molecule has 0 aliphatic heterocycles. The molecule has 9 heteroatoms. The van der Waals surface area contributed by atoms with Crippen LogP contribution in [0.3, 0.4) is 0 Å². The molecule has 1 N–H and O–H groups in total. The Morgan fingerprint density at radius 2 is 1.56 bits per heavy atom. The van der Waals surface area contributed by atoms with Crippen LogP contribution in [0.5, 0.6) is 5.75 Å². The maximum atomic E-state index is 6.06. The second-order valence-corrected chi connectivity index (χ2v) is 9.53. The predicted octanol–water partition coefficient (Wildman–Crippen LogP) is 5.62. The Hall–Kier alpha value is -5.05. The zero-order chi connectivity index (χ0) is 26.9. The second-order valence-electron chi connectivity index (χ2n) is 9.53. The van der Waals surface area contributed by atoms with Crippen molar-refractivity contribution < 1.29 is 4.74 Å². The van der Waals surface area contributed by atoms with Crippen LogP contribution in [0.25, 0.3) is 40.1 Å². The number of nitrogens with one attached hydrogen (secondary N) is 1. The van der Waals surface area contributed by atoms with E-state index in [1.54, 1.807) is 4.68 Å². The average Bonchev–Trinajstić information content (AvgIpc) is 3.69. The van der Waals surface area contributed by atoms with Crippen molar-refractivity contribution in [2.45, 2.75) is 27.4 Å². The van der Waals surface area contributed by atoms with Gasteiger partial charge in [0.2, 0.25) is 0 Å². The first-order valence-corrected chi connectivity index (χ1v) is 12.7. The number of hydrogen-bond acceptors (Lipinski definition) is 6. The molecule has 0 fully saturated rings. The second kappa shape index (κ2) is 10.0. The first kappa shape index (κ1) is 24.3. The molecular formula is C30H28N8O. The molecule has 0 spiro atoms. The van der Waals surface area contributed by atoms with Gasteiger partial charge in [0.1, 0.15) is 18.1 Å². The Balaban J connectivity index is 1.41. The Morgan fingerprint density at radius 1 is 0.769 bits per heavy atom. The highest BCUT2D eigenvalue weighted by Crippen LogP contribution is 2.27. The Bertz CT molecular complexity index is 1760. The first-order chi connectivity index (χ1) is 19.0. The highest BCUT2D eigenvalue weighted by Gasteiger charge is 2.22. The third kappa shape index (κ3) is 4.70. The van der Waals surface area contributed by atoms with Gasteiger partial charge in [0.25, 0.3) is 5.95 Å². The fourth-order valence-electron chi connectivity index (χ4n) is 4.42. The Kier molecular flexibility index (Phi) is 6.24. The number of hydrogen-bond donors (Lipinski definition) is 1. The molecule has 9 nitrogen and oxygen atoms in total. The van der Waals surface area contributed by atoms with Crippen LogP contribution >= 0.6 is 0 Å². The zero-order valence-corrected chi connectivity index (χ0v) is 22.3. The van der Waals surface area contributed by atoms with E-state index in [2.05, 4.69) is 52.4 Å². The van der Waals surface area contributed by atoms with Crippen molar-refractivity contribution in [3.8, 4) is 45.9 Å². The summed E-state index contributed by atoms with van der Waals surface area (Å²) in [5, 5.41) is 21.4. The minimum Gasteiger partial charge on any atom is -0.485 e. The van der Waals surface area contributed by atoms with Crippen molar-refractivity contribution >= 4 is 0 Å². The van der Waals surface area contributed by atoms with Crippen LogP contribution in [0, 0.1) is 20.8 Å². The number of para-hydroxylation sites is 1. The van der Waals surface area contributed by atoms with Crippen molar-refractivity contribution in [2.75, 3.05) is 0 Å². The maximum Gasteiger partial charge on any atom is 0.254 e.